The standard InChI is InChI=1S/C9H10O3.C9H10O2/c10-6-4-8(11)7-2-1-3-12-9(7)5-6;1-2-7-11-9-6-4-3-5-8(9)10/h4-5,10-11H,1-3H2;2-6,10H,1,7H2. The highest BCUT2D eigenvalue weighted by Gasteiger charge is 2.15. The number of phenolic OH excluding ortho intramolecular Hbond substituents is 3. The van der Waals surface area contributed by atoms with Gasteiger partial charge in [0.2, 0.25) is 0 Å². The topological polar surface area (TPSA) is 79.2 Å². The number of hydrogen-bond donors (Lipinski definition) is 3. The van der Waals surface area contributed by atoms with Gasteiger partial charge in [-0.05, 0) is 25.0 Å². The number of benzene rings is 2. The van der Waals surface area contributed by atoms with Crippen molar-refractivity contribution in [3.63, 3.8) is 0 Å². The predicted octanol–water partition coefficient (Wildman–Crippen LogP) is 3.38. The number of fused-ring (bicyclic) bond motifs is 1. The maximum Gasteiger partial charge on any atom is 0.161 e. The maximum atomic E-state index is 9.40. The molecule has 2 aromatic rings. The van der Waals surface area contributed by atoms with Crippen LogP contribution in [0.25, 0.3) is 0 Å². The molecule has 2 aromatic carbocycles. The van der Waals surface area contributed by atoms with Crippen molar-refractivity contribution in [3.05, 3.63) is 54.6 Å². The molecule has 0 unspecified atom stereocenters. The first-order chi connectivity index (χ1) is 11.1. The van der Waals surface area contributed by atoms with Crippen LogP contribution in [0, 0.1) is 0 Å². The summed E-state index contributed by atoms with van der Waals surface area (Å²) in [5.41, 5.74) is 0.805. The number of aromatic hydroxyl groups is 3. The highest BCUT2D eigenvalue weighted by Crippen LogP contribution is 2.35. The molecule has 0 radical (unpaired) electrons. The van der Waals surface area contributed by atoms with E-state index in [1.54, 1.807) is 30.3 Å². The summed E-state index contributed by atoms with van der Waals surface area (Å²) in [4.78, 5) is 0. The van der Waals surface area contributed by atoms with Crippen LogP contribution in [0.1, 0.15) is 12.0 Å². The quantitative estimate of drug-likeness (QED) is 0.757. The smallest absolute Gasteiger partial charge is 0.161 e. The minimum absolute atomic E-state index is 0.0492. The third-order valence-electron chi connectivity index (χ3n) is 3.22. The van der Waals surface area contributed by atoms with Gasteiger partial charge in [0.15, 0.2) is 11.5 Å². The van der Waals surface area contributed by atoms with Crippen LogP contribution in [0.2, 0.25) is 0 Å². The lowest BCUT2D eigenvalue weighted by atomic mass is 10.1. The Morgan fingerprint density at radius 2 is 1.91 bits per heavy atom. The number of ether oxygens (including phenoxy) is 2. The summed E-state index contributed by atoms with van der Waals surface area (Å²) in [6.45, 7) is 4.58. The number of para-hydroxylation sites is 2. The van der Waals surface area contributed by atoms with Gasteiger partial charge in [0.25, 0.3) is 0 Å². The molecule has 1 aliphatic rings. The lowest BCUT2D eigenvalue weighted by Gasteiger charge is -2.17. The van der Waals surface area contributed by atoms with Crippen LogP contribution < -0.4 is 9.47 Å². The first-order valence-electron chi connectivity index (χ1n) is 7.31. The lowest BCUT2D eigenvalue weighted by molar-refractivity contribution is 0.281. The predicted molar refractivity (Wildman–Crippen MR) is 87.4 cm³/mol. The van der Waals surface area contributed by atoms with Crippen molar-refractivity contribution in [3.8, 4) is 28.7 Å². The van der Waals surface area contributed by atoms with Gasteiger partial charge < -0.3 is 24.8 Å². The largest absolute Gasteiger partial charge is 0.508 e. The van der Waals surface area contributed by atoms with Crippen LogP contribution in [-0.4, -0.2) is 28.5 Å². The van der Waals surface area contributed by atoms with E-state index in [1.165, 1.54) is 12.1 Å². The molecule has 0 spiro atoms. The summed E-state index contributed by atoms with van der Waals surface area (Å²) < 4.78 is 10.4. The molecule has 3 rings (SSSR count). The second-order valence-corrected chi connectivity index (χ2v) is 4.96. The van der Waals surface area contributed by atoms with Gasteiger partial charge in [-0.3, -0.25) is 0 Å². The van der Waals surface area contributed by atoms with E-state index in [0.717, 1.165) is 18.4 Å². The fraction of sp³-hybridized carbons (Fsp3) is 0.222. The maximum absolute atomic E-state index is 9.40. The normalized spacial score (nSPS) is 12.2. The number of rotatable bonds is 3. The molecule has 122 valence electrons. The van der Waals surface area contributed by atoms with Crippen LogP contribution in [0.15, 0.2) is 49.1 Å². The summed E-state index contributed by atoms with van der Waals surface area (Å²) in [6, 6.07) is 9.72. The van der Waals surface area contributed by atoms with E-state index in [1.807, 2.05) is 0 Å². The minimum atomic E-state index is 0.0492. The van der Waals surface area contributed by atoms with E-state index in [2.05, 4.69) is 6.58 Å². The number of phenols is 3. The zero-order chi connectivity index (χ0) is 16.7. The molecule has 0 saturated heterocycles. The molecular formula is C18H20O5. The Hall–Kier alpha value is -2.82. The Balaban J connectivity index is 0.000000168. The zero-order valence-corrected chi connectivity index (χ0v) is 12.7. The van der Waals surface area contributed by atoms with Crippen molar-refractivity contribution in [2.24, 2.45) is 0 Å². The van der Waals surface area contributed by atoms with Crippen LogP contribution in [0.5, 0.6) is 28.7 Å². The van der Waals surface area contributed by atoms with Gasteiger partial charge in [-0.2, -0.15) is 0 Å². The van der Waals surface area contributed by atoms with Crippen LogP contribution in [0.3, 0.4) is 0 Å². The molecule has 1 aliphatic heterocycles. The summed E-state index contributed by atoms with van der Waals surface area (Å²) in [5.74, 6) is 1.44. The second-order valence-electron chi connectivity index (χ2n) is 4.96. The van der Waals surface area contributed by atoms with Gasteiger partial charge in [-0.15, -0.1) is 0 Å². The first-order valence-corrected chi connectivity index (χ1v) is 7.31. The molecule has 0 amide bonds. The van der Waals surface area contributed by atoms with Crippen LogP contribution >= 0.6 is 0 Å². The fourth-order valence-electron chi connectivity index (χ4n) is 2.16. The fourth-order valence-corrected chi connectivity index (χ4v) is 2.16. The van der Waals surface area contributed by atoms with Gasteiger partial charge in [0.1, 0.15) is 23.9 Å². The molecule has 0 aromatic heterocycles. The van der Waals surface area contributed by atoms with Crippen LogP contribution in [-0.2, 0) is 6.42 Å². The first kappa shape index (κ1) is 16.5. The Morgan fingerprint density at radius 3 is 2.65 bits per heavy atom. The Labute approximate surface area is 135 Å². The third-order valence-corrected chi connectivity index (χ3v) is 3.22. The lowest BCUT2D eigenvalue weighted by Crippen LogP contribution is -2.07. The SMILES string of the molecule is C=CCOc1ccccc1O.Oc1cc(O)c2c(c1)OCCC2. The molecule has 0 aliphatic carbocycles. The van der Waals surface area contributed by atoms with Crippen molar-refractivity contribution in [2.75, 3.05) is 13.2 Å². The van der Waals surface area contributed by atoms with Gasteiger partial charge >= 0.3 is 0 Å². The molecule has 0 atom stereocenters. The monoisotopic (exact) mass is 316 g/mol. The molecule has 0 fully saturated rings. The second kappa shape index (κ2) is 7.98. The van der Waals surface area contributed by atoms with Gasteiger partial charge in [-0.1, -0.05) is 24.8 Å². The van der Waals surface area contributed by atoms with Crippen molar-refractivity contribution in [2.45, 2.75) is 12.8 Å². The minimum Gasteiger partial charge on any atom is -0.508 e. The van der Waals surface area contributed by atoms with E-state index in [9.17, 15) is 10.2 Å². The summed E-state index contributed by atoms with van der Waals surface area (Å²) in [7, 11) is 0. The molecule has 1 heterocycles. The van der Waals surface area contributed by atoms with Crippen LogP contribution in [0.4, 0.5) is 0 Å². The number of hydrogen-bond acceptors (Lipinski definition) is 5. The summed E-state index contributed by atoms with van der Waals surface area (Å²) in [6.07, 6.45) is 3.37. The third kappa shape index (κ3) is 4.57. The van der Waals surface area contributed by atoms with Gasteiger partial charge in [-0.25, -0.2) is 0 Å². The molecule has 5 heteroatoms. The van der Waals surface area contributed by atoms with Crippen molar-refractivity contribution < 1.29 is 24.8 Å². The molecule has 0 saturated carbocycles. The van der Waals surface area contributed by atoms with Crippen molar-refractivity contribution in [1.29, 1.82) is 0 Å². The molecular weight excluding hydrogens is 296 g/mol. The van der Waals surface area contributed by atoms with Gasteiger partial charge in [0, 0.05) is 17.7 Å². The van der Waals surface area contributed by atoms with E-state index < -0.39 is 0 Å². The van der Waals surface area contributed by atoms with E-state index >= 15 is 0 Å². The average molecular weight is 316 g/mol. The van der Waals surface area contributed by atoms with Crippen molar-refractivity contribution in [1.82, 2.24) is 0 Å². The zero-order valence-electron chi connectivity index (χ0n) is 12.7. The average Bonchev–Trinajstić information content (AvgIpc) is 2.55. The molecule has 5 nitrogen and oxygen atoms in total. The van der Waals surface area contributed by atoms with Gasteiger partial charge in [0.05, 0.1) is 6.61 Å². The highest BCUT2D eigenvalue weighted by molar-refractivity contribution is 5.50. The Morgan fingerprint density at radius 1 is 1.13 bits per heavy atom. The Bertz CT molecular complexity index is 666. The van der Waals surface area contributed by atoms with E-state index in [4.69, 9.17) is 14.6 Å². The molecule has 23 heavy (non-hydrogen) atoms. The van der Waals surface area contributed by atoms with Crippen molar-refractivity contribution >= 4 is 0 Å². The Kier molecular flexibility index (Phi) is 5.74. The summed E-state index contributed by atoms with van der Waals surface area (Å²) >= 11 is 0. The molecule has 0 bridgehead atoms. The molecule has 3 N–H and O–H groups in total. The summed E-state index contributed by atoms with van der Waals surface area (Å²) in [5, 5.41) is 27.7. The van der Waals surface area contributed by atoms with E-state index in [-0.39, 0.29) is 17.2 Å². The highest BCUT2D eigenvalue weighted by atomic mass is 16.5. The van der Waals surface area contributed by atoms with E-state index in [0.29, 0.717) is 24.7 Å².